The Morgan fingerprint density at radius 1 is 1.00 bits per heavy atom. The van der Waals surface area contributed by atoms with Crippen molar-refractivity contribution in [3.8, 4) is 0 Å². The van der Waals surface area contributed by atoms with E-state index >= 15 is 0 Å². The molecule has 5 nitrogen and oxygen atoms in total. The van der Waals surface area contributed by atoms with Gasteiger partial charge >= 0.3 is 6.03 Å². The summed E-state index contributed by atoms with van der Waals surface area (Å²) < 4.78 is 27.6. The number of rotatable bonds is 3. The fourth-order valence-corrected chi connectivity index (χ4v) is 5.71. The summed E-state index contributed by atoms with van der Waals surface area (Å²) in [4.78, 5) is 28.9. The maximum absolute atomic E-state index is 14.3. The van der Waals surface area contributed by atoms with E-state index in [2.05, 4.69) is 5.32 Å². The van der Waals surface area contributed by atoms with E-state index in [0.29, 0.717) is 34.8 Å². The van der Waals surface area contributed by atoms with Crippen molar-refractivity contribution < 1.29 is 18.4 Å². The molecular formula is C24H19F2N3O2S. The third kappa shape index (κ3) is 3.22. The number of carbonyl (C=O) groups excluding carboxylic acids is 2. The van der Waals surface area contributed by atoms with Crippen LogP contribution in [0.25, 0.3) is 0 Å². The first-order valence-electron chi connectivity index (χ1n) is 10.1. The van der Waals surface area contributed by atoms with Crippen LogP contribution in [0.1, 0.15) is 11.1 Å². The number of anilines is 2. The molecule has 1 atom stereocenters. The average molecular weight is 451 g/mol. The van der Waals surface area contributed by atoms with E-state index in [1.165, 1.54) is 47.0 Å². The zero-order valence-corrected chi connectivity index (χ0v) is 17.7. The summed E-state index contributed by atoms with van der Waals surface area (Å²) in [5.41, 5.74) is 2.20. The molecule has 0 bridgehead atoms. The van der Waals surface area contributed by atoms with Crippen molar-refractivity contribution in [2.45, 2.75) is 11.4 Å². The number of fused-ring (bicyclic) bond motifs is 2. The largest absolute Gasteiger partial charge is 0.323 e. The van der Waals surface area contributed by atoms with Crippen molar-refractivity contribution in [2.24, 2.45) is 0 Å². The number of nitrogens with zero attached hydrogens (tertiary/aromatic N) is 2. The lowest BCUT2D eigenvalue weighted by Gasteiger charge is -2.33. The highest BCUT2D eigenvalue weighted by Gasteiger charge is 2.59. The Bertz CT molecular complexity index is 1200. The van der Waals surface area contributed by atoms with Crippen molar-refractivity contribution in [1.29, 1.82) is 0 Å². The summed E-state index contributed by atoms with van der Waals surface area (Å²) >= 11 is 1.39. The van der Waals surface area contributed by atoms with Crippen molar-refractivity contribution in [3.05, 3.63) is 95.6 Å². The number of benzene rings is 3. The molecule has 1 spiro atoms. The zero-order chi connectivity index (χ0) is 22.3. The average Bonchev–Trinajstić information content (AvgIpc) is 3.34. The third-order valence-electron chi connectivity index (χ3n) is 5.73. The van der Waals surface area contributed by atoms with E-state index in [1.807, 2.05) is 24.3 Å². The van der Waals surface area contributed by atoms with Gasteiger partial charge in [-0.1, -0.05) is 36.4 Å². The first-order chi connectivity index (χ1) is 15.5. The van der Waals surface area contributed by atoms with Gasteiger partial charge < -0.3 is 10.2 Å². The number of carbonyl (C=O) groups is 2. The summed E-state index contributed by atoms with van der Waals surface area (Å²) in [5, 5.41) is 2.76. The molecule has 2 heterocycles. The minimum atomic E-state index is -1.23. The van der Waals surface area contributed by atoms with Crippen LogP contribution in [-0.2, 0) is 16.2 Å². The number of urea groups is 1. The second kappa shape index (κ2) is 7.94. The van der Waals surface area contributed by atoms with Gasteiger partial charge in [-0.25, -0.2) is 13.6 Å². The second-order valence-electron chi connectivity index (χ2n) is 7.58. The normalized spacial score (nSPS) is 19.5. The third-order valence-corrected chi connectivity index (χ3v) is 7.15. The molecule has 32 heavy (non-hydrogen) atoms. The molecule has 3 aromatic carbocycles. The van der Waals surface area contributed by atoms with Crippen LogP contribution in [0, 0.1) is 11.6 Å². The van der Waals surface area contributed by atoms with Gasteiger partial charge in [0.05, 0.1) is 12.2 Å². The fraction of sp³-hybridized carbons (Fsp3) is 0.167. The lowest BCUT2D eigenvalue weighted by Crippen LogP contribution is -2.51. The van der Waals surface area contributed by atoms with Crippen LogP contribution < -0.4 is 10.2 Å². The summed E-state index contributed by atoms with van der Waals surface area (Å²) in [5.74, 6) is -0.493. The Balaban J connectivity index is 1.51. The SMILES string of the molecule is O=C(Nc1ccc(F)cc1)N1CCS[C@]12C(=O)N(Cc1ccccc1F)c1ccccc12. The topological polar surface area (TPSA) is 52.7 Å². The standard InChI is InChI=1S/C24H19F2N3O2S/c25-17-9-11-18(12-10-17)27-23(31)29-13-14-32-24(29)19-6-2-4-8-21(19)28(22(24)30)15-16-5-1-3-7-20(16)26/h1-12H,13-15H2,(H,27,31)/t24-/m1/s1. The summed E-state index contributed by atoms with van der Waals surface area (Å²) in [7, 11) is 0. The van der Waals surface area contributed by atoms with E-state index in [1.54, 1.807) is 23.1 Å². The molecule has 2 aliphatic heterocycles. The van der Waals surface area contributed by atoms with Crippen LogP contribution in [-0.4, -0.2) is 29.1 Å². The molecule has 1 saturated heterocycles. The minimum absolute atomic E-state index is 0.0677. The predicted octanol–water partition coefficient (Wildman–Crippen LogP) is 4.95. The van der Waals surface area contributed by atoms with E-state index in [9.17, 15) is 18.4 Å². The molecule has 2 aliphatic rings. The van der Waals surface area contributed by atoms with Gasteiger partial charge in [0, 0.05) is 29.1 Å². The van der Waals surface area contributed by atoms with E-state index in [0.717, 1.165) is 0 Å². The quantitative estimate of drug-likeness (QED) is 0.613. The monoisotopic (exact) mass is 451 g/mol. The Kier molecular flexibility index (Phi) is 5.09. The molecule has 8 heteroatoms. The lowest BCUT2D eigenvalue weighted by molar-refractivity contribution is -0.123. The highest BCUT2D eigenvalue weighted by molar-refractivity contribution is 8.01. The highest BCUT2D eigenvalue weighted by Crippen LogP contribution is 2.54. The van der Waals surface area contributed by atoms with Crippen LogP contribution in [0.3, 0.4) is 0 Å². The molecule has 1 fully saturated rings. The van der Waals surface area contributed by atoms with Gasteiger partial charge in [0.25, 0.3) is 5.91 Å². The van der Waals surface area contributed by atoms with Gasteiger partial charge in [0.15, 0.2) is 4.87 Å². The first kappa shape index (κ1) is 20.5. The molecule has 1 N–H and O–H groups in total. The van der Waals surface area contributed by atoms with E-state index in [4.69, 9.17) is 0 Å². The summed E-state index contributed by atoms with van der Waals surface area (Å²) in [6.07, 6.45) is 0. The number of nitrogens with one attached hydrogen (secondary N) is 1. The highest BCUT2D eigenvalue weighted by atomic mass is 32.2. The van der Waals surface area contributed by atoms with Crippen LogP contribution in [0.5, 0.6) is 0 Å². The molecule has 0 aliphatic carbocycles. The van der Waals surface area contributed by atoms with Gasteiger partial charge in [0.2, 0.25) is 0 Å². The van der Waals surface area contributed by atoms with Gasteiger partial charge in [-0.05, 0) is 36.4 Å². The van der Waals surface area contributed by atoms with Crippen LogP contribution >= 0.6 is 11.8 Å². The van der Waals surface area contributed by atoms with Crippen molar-refractivity contribution in [1.82, 2.24) is 4.90 Å². The van der Waals surface area contributed by atoms with Gasteiger partial charge in [-0.2, -0.15) is 0 Å². The van der Waals surface area contributed by atoms with Gasteiger partial charge in [-0.3, -0.25) is 9.69 Å². The Labute approximate surface area is 188 Å². The molecule has 162 valence electrons. The van der Waals surface area contributed by atoms with Gasteiger partial charge in [-0.15, -0.1) is 11.8 Å². The maximum Gasteiger partial charge on any atom is 0.323 e. The molecule has 0 saturated carbocycles. The van der Waals surface area contributed by atoms with Crippen molar-refractivity contribution in [3.63, 3.8) is 0 Å². The van der Waals surface area contributed by atoms with Gasteiger partial charge in [0.1, 0.15) is 11.6 Å². The summed E-state index contributed by atoms with van der Waals surface area (Å²) in [6, 6.07) is 18.7. The number of hydrogen-bond donors (Lipinski definition) is 1. The fourth-order valence-electron chi connectivity index (χ4n) is 4.25. The molecule has 0 unspecified atom stereocenters. The zero-order valence-electron chi connectivity index (χ0n) is 16.9. The molecule has 0 aromatic heterocycles. The number of amides is 3. The number of hydrogen-bond acceptors (Lipinski definition) is 3. The summed E-state index contributed by atoms with van der Waals surface area (Å²) in [6.45, 7) is 0.434. The molecule has 5 rings (SSSR count). The van der Waals surface area contributed by atoms with Crippen LogP contribution in [0.2, 0.25) is 0 Å². The van der Waals surface area contributed by atoms with Crippen LogP contribution in [0.15, 0.2) is 72.8 Å². The Morgan fingerprint density at radius 2 is 1.72 bits per heavy atom. The van der Waals surface area contributed by atoms with E-state index < -0.39 is 16.7 Å². The smallest absolute Gasteiger partial charge is 0.308 e. The molecule has 0 radical (unpaired) electrons. The second-order valence-corrected chi connectivity index (χ2v) is 8.87. The van der Waals surface area contributed by atoms with E-state index in [-0.39, 0.29) is 18.3 Å². The number of para-hydroxylation sites is 1. The minimum Gasteiger partial charge on any atom is -0.308 e. The number of halogens is 2. The lowest BCUT2D eigenvalue weighted by atomic mass is 10.1. The molecule has 3 aromatic rings. The Hall–Kier alpha value is -3.39. The van der Waals surface area contributed by atoms with Crippen LogP contribution in [0.4, 0.5) is 25.0 Å². The molecule has 3 amide bonds. The number of thioether (sulfide) groups is 1. The first-order valence-corrected chi connectivity index (χ1v) is 11.1. The predicted molar refractivity (Wildman–Crippen MR) is 120 cm³/mol. The van der Waals surface area contributed by atoms with Crippen molar-refractivity contribution >= 4 is 35.1 Å². The molecular weight excluding hydrogens is 432 g/mol. The Morgan fingerprint density at radius 3 is 2.50 bits per heavy atom. The maximum atomic E-state index is 14.3. The van der Waals surface area contributed by atoms with Crippen molar-refractivity contribution in [2.75, 3.05) is 22.5 Å².